The van der Waals surface area contributed by atoms with E-state index in [0.29, 0.717) is 12.0 Å². The number of carbonyl (C=O) groups excluding carboxylic acids is 1. The molecule has 2 rings (SSSR count). The van der Waals surface area contributed by atoms with E-state index in [0.717, 1.165) is 13.1 Å². The van der Waals surface area contributed by atoms with Crippen LogP contribution in [0.3, 0.4) is 0 Å². The minimum absolute atomic E-state index is 0.0209. The van der Waals surface area contributed by atoms with Crippen molar-refractivity contribution >= 4 is 5.91 Å². The predicted molar refractivity (Wildman–Crippen MR) is 68.8 cm³/mol. The van der Waals surface area contributed by atoms with E-state index in [-0.39, 0.29) is 11.9 Å². The minimum atomic E-state index is -0.0612. The van der Waals surface area contributed by atoms with Crippen LogP contribution in [0.25, 0.3) is 0 Å². The third-order valence-corrected chi connectivity index (χ3v) is 3.45. The summed E-state index contributed by atoms with van der Waals surface area (Å²) in [6, 6.07) is 7.85. The number of nitrogens with one attached hydrogen (secondary N) is 1. The maximum atomic E-state index is 12.3. The molecule has 0 aromatic heterocycles. The summed E-state index contributed by atoms with van der Waals surface area (Å²) in [6.45, 7) is 3.59. The van der Waals surface area contributed by atoms with E-state index in [4.69, 9.17) is 5.26 Å². The summed E-state index contributed by atoms with van der Waals surface area (Å²) in [4.78, 5) is 13.9. The lowest BCUT2D eigenvalue weighted by Crippen LogP contribution is -2.34. The van der Waals surface area contributed by atoms with Crippen molar-refractivity contribution in [2.24, 2.45) is 0 Å². The van der Waals surface area contributed by atoms with Crippen LogP contribution < -0.4 is 5.32 Å². The summed E-state index contributed by atoms with van der Waals surface area (Å²) in [5.41, 5.74) is 3.16. The van der Waals surface area contributed by atoms with Crippen LogP contribution in [0.5, 0.6) is 0 Å². The van der Waals surface area contributed by atoms with Crippen molar-refractivity contribution in [3.8, 4) is 6.07 Å². The molecule has 94 valence electrons. The van der Waals surface area contributed by atoms with E-state index in [2.05, 4.69) is 11.4 Å². The zero-order chi connectivity index (χ0) is 13.1. The zero-order valence-electron chi connectivity index (χ0n) is 10.7. The molecule has 0 spiro atoms. The molecule has 1 unspecified atom stereocenters. The van der Waals surface area contributed by atoms with Crippen molar-refractivity contribution < 1.29 is 4.79 Å². The number of rotatable bonds is 3. The van der Waals surface area contributed by atoms with E-state index in [1.54, 1.807) is 11.9 Å². The highest BCUT2D eigenvalue weighted by Gasteiger charge is 2.19. The van der Waals surface area contributed by atoms with Crippen LogP contribution in [0.2, 0.25) is 0 Å². The largest absolute Gasteiger partial charge is 0.338 e. The second kappa shape index (κ2) is 5.19. The lowest BCUT2D eigenvalue weighted by molar-refractivity contribution is 0.0746. The molecule has 0 radical (unpaired) electrons. The first-order valence-electron chi connectivity index (χ1n) is 6.10. The normalized spacial score (nSPS) is 14.7. The van der Waals surface area contributed by atoms with Crippen LogP contribution in [0.4, 0.5) is 0 Å². The SMILES string of the molecule is CC(CC#N)N(C)C(=O)c1ccc2c(c1)CNC2. The fraction of sp³-hybridized carbons (Fsp3) is 0.429. The van der Waals surface area contributed by atoms with Gasteiger partial charge in [0.15, 0.2) is 0 Å². The molecule has 1 aliphatic rings. The molecule has 0 saturated heterocycles. The van der Waals surface area contributed by atoms with Crippen LogP contribution in [0.1, 0.15) is 34.8 Å². The van der Waals surface area contributed by atoms with Gasteiger partial charge in [-0.2, -0.15) is 5.26 Å². The van der Waals surface area contributed by atoms with Crippen molar-refractivity contribution in [3.05, 3.63) is 34.9 Å². The van der Waals surface area contributed by atoms with E-state index >= 15 is 0 Å². The molecule has 1 atom stereocenters. The average molecular weight is 243 g/mol. The Morgan fingerprint density at radius 2 is 2.22 bits per heavy atom. The first-order chi connectivity index (χ1) is 8.63. The summed E-state index contributed by atoms with van der Waals surface area (Å²) in [5.74, 6) is -0.0209. The number of benzene rings is 1. The molecule has 1 aromatic rings. The molecule has 1 aliphatic heterocycles. The van der Waals surface area contributed by atoms with Crippen molar-refractivity contribution in [2.75, 3.05) is 7.05 Å². The third-order valence-electron chi connectivity index (χ3n) is 3.45. The van der Waals surface area contributed by atoms with Gasteiger partial charge in [-0.05, 0) is 30.2 Å². The molecule has 0 saturated carbocycles. The number of hydrogen-bond acceptors (Lipinski definition) is 3. The highest BCUT2D eigenvalue weighted by Crippen LogP contribution is 2.18. The number of nitrogens with zero attached hydrogens (tertiary/aromatic N) is 2. The van der Waals surface area contributed by atoms with Gasteiger partial charge < -0.3 is 10.2 Å². The number of fused-ring (bicyclic) bond motifs is 1. The lowest BCUT2D eigenvalue weighted by atomic mass is 10.0. The predicted octanol–water partition coefficient (Wildman–Crippen LogP) is 1.66. The van der Waals surface area contributed by atoms with Gasteiger partial charge in [0.25, 0.3) is 5.91 Å². The monoisotopic (exact) mass is 243 g/mol. The van der Waals surface area contributed by atoms with Crippen LogP contribution >= 0.6 is 0 Å². The Morgan fingerprint density at radius 3 is 2.94 bits per heavy atom. The summed E-state index contributed by atoms with van der Waals surface area (Å²) in [5, 5.41) is 11.9. The van der Waals surface area contributed by atoms with Gasteiger partial charge in [0, 0.05) is 31.7 Å². The Balaban J connectivity index is 2.16. The van der Waals surface area contributed by atoms with Gasteiger partial charge in [-0.25, -0.2) is 0 Å². The Bertz CT molecular complexity index is 504. The van der Waals surface area contributed by atoms with E-state index < -0.39 is 0 Å². The Labute approximate surface area is 107 Å². The Morgan fingerprint density at radius 1 is 1.50 bits per heavy atom. The van der Waals surface area contributed by atoms with Crippen LogP contribution in [-0.2, 0) is 13.1 Å². The van der Waals surface area contributed by atoms with Crippen molar-refractivity contribution in [1.29, 1.82) is 5.26 Å². The Hall–Kier alpha value is -1.86. The fourth-order valence-corrected chi connectivity index (χ4v) is 2.10. The van der Waals surface area contributed by atoms with E-state index in [9.17, 15) is 4.79 Å². The zero-order valence-corrected chi connectivity index (χ0v) is 10.7. The number of carbonyl (C=O) groups is 1. The second-order valence-corrected chi connectivity index (χ2v) is 4.71. The van der Waals surface area contributed by atoms with E-state index in [1.165, 1.54) is 11.1 Å². The van der Waals surface area contributed by atoms with Crippen LogP contribution in [0.15, 0.2) is 18.2 Å². The summed E-state index contributed by atoms with van der Waals surface area (Å²) in [7, 11) is 1.75. The van der Waals surface area contributed by atoms with Crippen molar-refractivity contribution in [1.82, 2.24) is 10.2 Å². The smallest absolute Gasteiger partial charge is 0.253 e. The second-order valence-electron chi connectivity index (χ2n) is 4.71. The fourth-order valence-electron chi connectivity index (χ4n) is 2.10. The standard InChI is InChI=1S/C14H17N3O/c1-10(5-6-15)17(2)14(18)11-3-4-12-8-16-9-13(12)7-11/h3-4,7,10,16H,5,8-9H2,1-2H3. The molecule has 1 heterocycles. The highest BCUT2D eigenvalue weighted by molar-refractivity contribution is 5.94. The number of hydrogen-bond donors (Lipinski definition) is 1. The van der Waals surface area contributed by atoms with Gasteiger partial charge in [-0.15, -0.1) is 0 Å². The van der Waals surface area contributed by atoms with Gasteiger partial charge in [-0.3, -0.25) is 4.79 Å². The maximum Gasteiger partial charge on any atom is 0.253 e. The maximum absolute atomic E-state index is 12.3. The molecule has 1 amide bonds. The van der Waals surface area contributed by atoms with Gasteiger partial charge in [0.1, 0.15) is 0 Å². The van der Waals surface area contributed by atoms with Crippen LogP contribution in [0, 0.1) is 11.3 Å². The van der Waals surface area contributed by atoms with Gasteiger partial charge >= 0.3 is 0 Å². The molecule has 4 heteroatoms. The van der Waals surface area contributed by atoms with Gasteiger partial charge in [0.2, 0.25) is 0 Å². The summed E-state index contributed by atoms with van der Waals surface area (Å²) >= 11 is 0. The quantitative estimate of drug-likeness (QED) is 0.878. The number of amides is 1. The molecule has 1 N–H and O–H groups in total. The molecule has 1 aromatic carbocycles. The topological polar surface area (TPSA) is 56.1 Å². The summed E-state index contributed by atoms with van der Waals surface area (Å²) in [6.07, 6.45) is 0.356. The Kier molecular flexibility index (Phi) is 3.63. The number of nitriles is 1. The molecular weight excluding hydrogens is 226 g/mol. The third kappa shape index (κ3) is 2.36. The van der Waals surface area contributed by atoms with Crippen molar-refractivity contribution in [3.63, 3.8) is 0 Å². The molecule has 4 nitrogen and oxygen atoms in total. The first-order valence-corrected chi connectivity index (χ1v) is 6.10. The van der Waals surface area contributed by atoms with Gasteiger partial charge in [-0.1, -0.05) is 6.07 Å². The van der Waals surface area contributed by atoms with Gasteiger partial charge in [0.05, 0.1) is 12.5 Å². The molecule has 0 fully saturated rings. The van der Waals surface area contributed by atoms with Crippen molar-refractivity contribution in [2.45, 2.75) is 32.5 Å². The molecule has 0 aliphatic carbocycles. The minimum Gasteiger partial charge on any atom is -0.338 e. The molecule has 0 bridgehead atoms. The van der Waals surface area contributed by atoms with Crippen LogP contribution in [-0.4, -0.2) is 23.9 Å². The lowest BCUT2D eigenvalue weighted by Gasteiger charge is -2.23. The highest BCUT2D eigenvalue weighted by atomic mass is 16.2. The summed E-state index contributed by atoms with van der Waals surface area (Å²) < 4.78 is 0. The van der Waals surface area contributed by atoms with E-state index in [1.807, 2.05) is 25.1 Å². The average Bonchev–Trinajstić information content (AvgIpc) is 2.84. The first kappa shape index (κ1) is 12.6. The molecule has 18 heavy (non-hydrogen) atoms. The molecular formula is C14H17N3O.